The number of rotatable bonds is 10. The fraction of sp³-hybridized carbons (Fsp3) is 0.708. The van der Waals surface area contributed by atoms with Gasteiger partial charge in [-0.05, 0) is 61.4 Å². The van der Waals surface area contributed by atoms with Crippen molar-refractivity contribution in [3.8, 4) is 5.75 Å². The van der Waals surface area contributed by atoms with Crippen LogP contribution in [-0.4, -0.2) is 35.5 Å². The van der Waals surface area contributed by atoms with Gasteiger partial charge >= 0.3 is 0 Å². The van der Waals surface area contributed by atoms with Gasteiger partial charge in [0.2, 0.25) is 5.91 Å². The standard InChI is InChI=1S/C24H40N2O2/c1-5-7-9-10-15-26-16-14-24(4,19(3)18-26)20-12-13-21(22(27)17-20)25-23(28)11-8-6-2/h12-13,17,19,27H,5-11,14-16,18H2,1-4H3,(H,25,28). The van der Waals surface area contributed by atoms with Crippen molar-refractivity contribution in [1.29, 1.82) is 0 Å². The number of amides is 1. The van der Waals surface area contributed by atoms with E-state index in [-0.39, 0.29) is 17.1 Å². The maximum atomic E-state index is 12.0. The lowest BCUT2D eigenvalue weighted by molar-refractivity contribution is -0.116. The van der Waals surface area contributed by atoms with Crippen LogP contribution in [0.25, 0.3) is 0 Å². The minimum absolute atomic E-state index is 0.0270. The molecule has 28 heavy (non-hydrogen) atoms. The normalized spacial score (nSPS) is 22.9. The summed E-state index contributed by atoms with van der Waals surface area (Å²) < 4.78 is 0. The highest BCUT2D eigenvalue weighted by atomic mass is 16.3. The molecule has 1 aromatic rings. The van der Waals surface area contributed by atoms with Crippen LogP contribution in [0.15, 0.2) is 18.2 Å². The summed E-state index contributed by atoms with van der Waals surface area (Å²) in [6.45, 7) is 12.4. The summed E-state index contributed by atoms with van der Waals surface area (Å²) in [6.07, 6.45) is 8.71. The molecular weight excluding hydrogens is 348 g/mol. The van der Waals surface area contributed by atoms with Gasteiger partial charge in [-0.1, -0.05) is 59.4 Å². The van der Waals surface area contributed by atoms with Gasteiger partial charge in [0.25, 0.3) is 0 Å². The molecule has 1 aliphatic heterocycles. The van der Waals surface area contributed by atoms with E-state index in [2.05, 4.69) is 44.0 Å². The first kappa shape index (κ1) is 22.7. The number of hydrogen-bond donors (Lipinski definition) is 2. The van der Waals surface area contributed by atoms with Gasteiger partial charge < -0.3 is 15.3 Å². The highest BCUT2D eigenvalue weighted by molar-refractivity contribution is 5.92. The van der Waals surface area contributed by atoms with Crippen molar-refractivity contribution in [3.05, 3.63) is 23.8 Å². The first-order valence-electron chi connectivity index (χ1n) is 11.3. The molecule has 2 unspecified atom stereocenters. The number of benzene rings is 1. The Morgan fingerprint density at radius 2 is 1.96 bits per heavy atom. The molecule has 1 saturated heterocycles. The van der Waals surface area contributed by atoms with Gasteiger partial charge in [0, 0.05) is 13.0 Å². The number of aromatic hydroxyl groups is 1. The van der Waals surface area contributed by atoms with Gasteiger partial charge in [-0.3, -0.25) is 4.79 Å². The Bertz CT molecular complexity index is 631. The van der Waals surface area contributed by atoms with Gasteiger partial charge in [-0.25, -0.2) is 0 Å². The van der Waals surface area contributed by atoms with Crippen LogP contribution in [0.2, 0.25) is 0 Å². The van der Waals surface area contributed by atoms with Gasteiger partial charge in [0.05, 0.1) is 5.69 Å². The average molecular weight is 389 g/mol. The third kappa shape index (κ3) is 5.97. The van der Waals surface area contributed by atoms with Crippen molar-refractivity contribution in [2.75, 3.05) is 25.0 Å². The number of anilines is 1. The number of likely N-dealkylation sites (tertiary alicyclic amines) is 1. The fourth-order valence-corrected chi connectivity index (χ4v) is 4.25. The lowest BCUT2D eigenvalue weighted by atomic mass is 9.68. The SMILES string of the molecule is CCCCCCN1CCC(C)(c2ccc(NC(=O)CCCC)c(O)c2)C(C)C1. The topological polar surface area (TPSA) is 52.6 Å². The quantitative estimate of drug-likeness (QED) is 0.399. The van der Waals surface area contributed by atoms with E-state index in [1.807, 2.05) is 12.1 Å². The van der Waals surface area contributed by atoms with Crippen LogP contribution in [0.3, 0.4) is 0 Å². The largest absolute Gasteiger partial charge is 0.506 e. The van der Waals surface area contributed by atoms with Gasteiger partial charge in [-0.15, -0.1) is 0 Å². The van der Waals surface area contributed by atoms with Crippen molar-refractivity contribution >= 4 is 11.6 Å². The summed E-state index contributed by atoms with van der Waals surface area (Å²) in [5, 5.41) is 13.3. The van der Waals surface area contributed by atoms with Crippen LogP contribution < -0.4 is 5.32 Å². The predicted octanol–water partition coefficient (Wildman–Crippen LogP) is 5.70. The molecule has 2 atom stereocenters. The molecule has 0 bridgehead atoms. The summed E-state index contributed by atoms with van der Waals surface area (Å²) >= 11 is 0. The number of nitrogens with one attached hydrogen (secondary N) is 1. The van der Waals surface area contributed by atoms with E-state index >= 15 is 0 Å². The lowest BCUT2D eigenvalue weighted by Gasteiger charge is -2.45. The number of unbranched alkanes of at least 4 members (excludes halogenated alkanes) is 4. The molecule has 1 heterocycles. The summed E-state index contributed by atoms with van der Waals surface area (Å²) in [6, 6.07) is 5.81. The second kappa shape index (κ2) is 10.8. The van der Waals surface area contributed by atoms with Crippen molar-refractivity contribution in [2.45, 2.75) is 84.5 Å². The molecule has 1 aromatic carbocycles. The second-order valence-electron chi connectivity index (χ2n) is 8.81. The van der Waals surface area contributed by atoms with E-state index in [1.165, 1.54) is 37.8 Å². The molecular formula is C24H40N2O2. The second-order valence-corrected chi connectivity index (χ2v) is 8.81. The zero-order chi connectivity index (χ0) is 20.6. The lowest BCUT2D eigenvalue weighted by Crippen LogP contribution is -2.47. The van der Waals surface area contributed by atoms with Crippen LogP contribution in [0, 0.1) is 5.92 Å². The smallest absolute Gasteiger partial charge is 0.224 e. The Balaban J connectivity index is 1.98. The predicted molar refractivity (Wildman–Crippen MR) is 118 cm³/mol. The molecule has 1 amide bonds. The number of hydrogen-bond acceptors (Lipinski definition) is 3. The Labute approximate surface area is 171 Å². The monoisotopic (exact) mass is 388 g/mol. The van der Waals surface area contributed by atoms with Crippen molar-refractivity contribution in [1.82, 2.24) is 4.90 Å². The Hall–Kier alpha value is -1.55. The molecule has 1 fully saturated rings. The molecule has 2 N–H and O–H groups in total. The molecule has 0 radical (unpaired) electrons. The van der Waals surface area contributed by atoms with Gasteiger partial charge in [-0.2, -0.15) is 0 Å². The molecule has 1 aliphatic rings. The van der Waals surface area contributed by atoms with Crippen LogP contribution in [0.1, 0.15) is 84.6 Å². The highest BCUT2D eigenvalue weighted by Crippen LogP contribution is 2.41. The Morgan fingerprint density at radius 1 is 1.21 bits per heavy atom. The van der Waals surface area contributed by atoms with Crippen LogP contribution in [0.4, 0.5) is 5.69 Å². The minimum atomic E-state index is -0.0270. The third-order valence-electron chi connectivity index (χ3n) is 6.58. The van der Waals surface area contributed by atoms with E-state index in [0.29, 0.717) is 18.0 Å². The van der Waals surface area contributed by atoms with E-state index in [9.17, 15) is 9.90 Å². The minimum Gasteiger partial charge on any atom is -0.506 e. The van der Waals surface area contributed by atoms with E-state index in [4.69, 9.17) is 0 Å². The third-order valence-corrected chi connectivity index (χ3v) is 6.58. The summed E-state index contributed by atoms with van der Waals surface area (Å²) in [4.78, 5) is 14.6. The van der Waals surface area contributed by atoms with Crippen LogP contribution in [0.5, 0.6) is 5.75 Å². The molecule has 0 aromatic heterocycles. The number of carbonyl (C=O) groups excluding carboxylic acids is 1. The number of nitrogens with zero attached hydrogens (tertiary/aromatic N) is 1. The van der Waals surface area contributed by atoms with E-state index < -0.39 is 0 Å². The highest BCUT2D eigenvalue weighted by Gasteiger charge is 2.38. The molecule has 4 heteroatoms. The van der Waals surface area contributed by atoms with Crippen LogP contribution in [-0.2, 0) is 10.2 Å². The van der Waals surface area contributed by atoms with Gasteiger partial charge in [0.1, 0.15) is 5.75 Å². The maximum Gasteiger partial charge on any atom is 0.224 e. The Kier molecular flexibility index (Phi) is 8.81. The van der Waals surface area contributed by atoms with Gasteiger partial charge in [0.15, 0.2) is 0 Å². The summed E-state index contributed by atoms with van der Waals surface area (Å²) in [5.74, 6) is 0.676. The molecule has 4 nitrogen and oxygen atoms in total. The summed E-state index contributed by atoms with van der Waals surface area (Å²) in [5.41, 5.74) is 1.76. The molecule has 0 aliphatic carbocycles. The fourth-order valence-electron chi connectivity index (χ4n) is 4.25. The average Bonchev–Trinajstić information content (AvgIpc) is 2.68. The van der Waals surface area contributed by atoms with Crippen molar-refractivity contribution < 1.29 is 9.90 Å². The molecule has 2 rings (SSSR count). The van der Waals surface area contributed by atoms with Crippen molar-refractivity contribution in [3.63, 3.8) is 0 Å². The first-order valence-corrected chi connectivity index (χ1v) is 11.3. The number of phenolic OH excluding ortho intramolecular Hbond substituents is 1. The zero-order valence-corrected chi connectivity index (χ0v) is 18.4. The zero-order valence-electron chi connectivity index (χ0n) is 18.4. The maximum absolute atomic E-state index is 12.0. The first-order chi connectivity index (χ1) is 13.4. The molecule has 0 saturated carbocycles. The Morgan fingerprint density at radius 3 is 2.61 bits per heavy atom. The number of piperidine rings is 1. The molecule has 0 spiro atoms. The number of phenols is 1. The molecule has 158 valence electrons. The van der Waals surface area contributed by atoms with Crippen LogP contribution >= 0.6 is 0 Å². The summed E-state index contributed by atoms with van der Waals surface area (Å²) in [7, 11) is 0. The van der Waals surface area contributed by atoms with E-state index in [1.54, 1.807) is 0 Å². The van der Waals surface area contributed by atoms with E-state index in [0.717, 1.165) is 32.4 Å². The number of carbonyl (C=O) groups is 1. The van der Waals surface area contributed by atoms with Crippen molar-refractivity contribution in [2.24, 2.45) is 5.92 Å².